The maximum atomic E-state index is 10.6. The van der Waals surface area contributed by atoms with E-state index < -0.39 is 0 Å². The molecule has 0 aliphatic rings. The SMILES string of the molecule is CC(C)Oc1ccc(Cc2cc(Nc3cc(Nc4cc(Nc5ccc(O)cc5)ccc4O)ccc3O)ccc2O)cc1. The average Bonchev–Trinajstić information content (AvgIpc) is 2.96. The highest BCUT2D eigenvalue weighted by molar-refractivity contribution is 5.77. The molecule has 0 spiro atoms. The molecular formula is C34H33N3O5. The molecule has 7 N–H and O–H groups in total. The van der Waals surface area contributed by atoms with Gasteiger partial charge in [0.2, 0.25) is 0 Å². The Hall–Kier alpha value is -5.50. The van der Waals surface area contributed by atoms with E-state index >= 15 is 0 Å². The van der Waals surface area contributed by atoms with E-state index in [9.17, 15) is 20.4 Å². The number of aromatic hydroxyl groups is 4. The molecule has 0 atom stereocenters. The number of benzene rings is 5. The number of hydrogen-bond donors (Lipinski definition) is 7. The fraction of sp³-hybridized carbons (Fsp3) is 0.118. The minimum absolute atomic E-state index is 0.0443. The van der Waals surface area contributed by atoms with Crippen LogP contribution in [0.1, 0.15) is 25.0 Å². The summed E-state index contributed by atoms with van der Waals surface area (Å²) in [6.07, 6.45) is 0.613. The van der Waals surface area contributed by atoms with Gasteiger partial charge in [0.25, 0.3) is 0 Å². The second-order valence-electron chi connectivity index (χ2n) is 10.2. The Morgan fingerprint density at radius 1 is 0.548 bits per heavy atom. The molecule has 0 saturated carbocycles. The van der Waals surface area contributed by atoms with Crippen molar-refractivity contribution in [1.29, 1.82) is 0 Å². The van der Waals surface area contributed by atoms with Crippen LogP contribution in [0.25, 0.3) is 0 Å². The molecule has 0 amide bonds. The van der Waals surface area contributed by atoms with Crippen molar-refractivity contribution >= 4 is 34.1 Å². The third-order valence-corrected chi connectivity index (χ3v) is 6.48. The van der Waals surface area contributed by atoms with Crippen molar-refractivity contribution in [3.63, 3.8) is 0 Å². The summed E-state index contributed by atoms with van der Waals surface area (Å²) in [6, 6.07) is 29.7. The highest BCUT2D eigenvalue weighted by Gasteiger charge is 2.10. The number of ether oxygens (including phenoxy) is 1. The van der Waals surface area contributed by atoms with Crippen LogP contribution in [0.3, 0.4) is 0 Å². The average molecular weight is 564 g/mol. The standard InChI is InChI=1S/C34H33N3O5/c1-21(2)42-29-12-3-22(4-13-29)17-23-18-25(7-14-32(23)39)36-31-20-27(9-16-34(31)41)37-30-19-26(8-15-33(30)40)35-24-5-10-28(38)11-6-24/h3-16,18-21,35-41H,17H2,1-2H3. The number of nitrogens with one attached hydrogen (secondary N) is 3. The third kappa shape index (κ3) is 7.17. The molecule has 5 aromatic rings. The van der Waals surface area contributed by atoms with Gasteiger partial charge in [0.15, 0.2) is 0 Å². The van der Waals surface area contributed by atoms with E-state index in [4.69, 9.17) is 4.74 Å². The lowest BCUT2D eigenvalue weighted by Gasteiger charge is -2.15. The van der Waals surface area contributed by atoms with Crippen LogP contribution in [-0.4, -0.2) is 26.5 Å². The quantitative estimate of drug-likeness (QED) is 0.0671. The fourth-order valence-corrected chi connectivity index (χ4v) is 4.43. The molecule has 214 valence electrons. The van der Waals surface area contributed by atoms with Crippen molar-refractivity contribution in [2.24, 2.45) is 0 Å². The topological polar surface area (TPSA) is 126 Å². The Morgan fingerprint density at radius 3 is 1.62 bits per heavy atom. The molecule has 0 bridgehead atoms. The molecule has 5 aromatic carbocycles. The van der Waals surface area contributed by atoms with Crippen LogP contribution >= 0.6 is 0 Å². The summed E-state index contributed by atoms with van der Waals surface area (Å²) < 4.78 is 5.71. The first-order chi connectivity index (χ1) is 20.2. The van der Waals surface area contributed by atoms with Crippen LogP contribution in [0.5, 0.6) is 28.7 Å². The van der Waals surface area contributed by atoms with Crippen molar-refractivity contribution in [2.45, 2.75) is 26.4 Å². The second-order valence-corrected chi connectivity index (χ2v) is 10.2. The summed E-state index contributed by atoms with van der Waals surface area (Å²) >= 11 is 0. The first-order valence-electron chi connectivity index (χ1n) is 13.6. The maximum Gasteiger partial charge on any atom is 0.139 e. The van der Waals surface area contributed by atoms with Crippen molar-refractivity contribution in [3.8, 4) is 28.7 Å². The molecule has 0 aliphatic heterocycles. The van der Waals surface area contributed by atoms with Gasteiger partial charge in [0.1, 0.15) is 28.7 Å². The van der Waals surface area contributed by atoms with E-state index in [2.05, 4.69) is 16.0 Å². The van der Waals surface area contributed by atoms with E-state index in [1.54, 1.807) is 72.8 Å². The van der Waals surface area contributed by atoms with Gasteiger partial charge in [-0.3, -0.25) is 0 Å². The van der Waals surface area contributed by atoms with Crippen molar-refractivity contribution < 1.29 is 25.2 Å². The summed E-state index contributed by atoms with van der Waals surface area (Å²) in [6.45, 7) is 3.96. The highest BCUT2D eigenvalue weighted by atomic mass is 16.5. The molecule has 0 aliphatic carbocycles. The molecule has 8 heteroatoms. The molecule has 42 heavy (non-hydrogen) atoms. The van der Waals surface area contributed by atoms with Crippen LogP contribution in [0, 0.1) is 0 Å². The lowest BCUT2D eigenvalue weighted by atomic mass is 10.0. The Bertz CT molecular complexity index is 1670. The first-order valence-corrected chi connectivity index (χ1v) is 13.6. The molecule has 0 saturated heterocycles. The van der Waals surface area contributed by atoms with E-state index in [-0.39, 0.29) is 29.1 Å². The van der Waals surface area contributed by atoms with Gasteiger partial charge in [0, 0.05) is 34.7 Å². The summed E-state index contributed by atoms with van der Waals surface area (Å²) in [7, 11) is 0. The van der Waals surface area contributed by atoms with Crippen molar-refractivity contribution in [2.75, 3.05) is 16.0 Å². The summed E-state index contributed by atoms with van der Waals surface area (Å²) in [4.78, 5) is 0. The smallest absolute Gasteiger partial charge is 0.139 e. The molecule has 0 radical (unpaired) electrons. The minimum Gasteiger partial charge on any atom is -0.508 e. The third-order valence-electron chi connectivity index (χ3n) is 6.48. The molecule has 0 heterocycles. The predicted octanol–water partition coefficient (Wildman–Crippen LogP) is 8.12. The van der Waals surface area contributed by atoms with E-state index in [0.29, 0.717) is 29.2 Å². The van der Waals surface area contributed by atoms with E-state index in [1.165, 1.54) is 0 Å². The summed E-state index contributed by atoms with van der Waals surface area (Å²) in [5, 5.41) is 50.7. The van der Waals surface area contributed by atoms with Gasteiger partial charge < -0.3 is 41.1 Å². The zero-order valence-corrected chi connectivity index (χ0v) is 23.3. The zero-order chi connectivity index (χ0) is 29.6. The Labute approximate surface area is 244 Å². The van der Waals surface area contributed by atoms with Gasteiger partial charge in [-0.15, -0.1) is 0 Å². The number of rotatable bonds is 10. The summed E-state index contributed by atoms with van der Waals surface area (Å²) in [5.74, 6) is 1.25. The van der Waals surface area contributed by atoms with Gasteiger partial charge in [-0.05, 0) is 110 Å². The van der Waals surface area contributed by atoms with Crippen LogP contribution in [0.2, 0.25) is 0 Å². The predicted molar refractivity (Wildman–Crippen MR) is 167 cm³/mol. The van der Waals surface area contributed by atoms with Gasteiger partial charge in [0.05, 0.1) is 17.5 Å². The molecular weight excluding hydrogens is 530 g/mol. The zero-order valence-electron chi connectivity index (χ0n) is 23.3. The number of phenols is 4. The molecule has 0 fully saturated rings. The van der Waals surface area contributed by atoms with Crippen LogP contribution in [0.15, 0.2) is 103 Å². The van der Waals surface area contributed by atoms with Crippen molar-refractivity contribution in [3.05, 3.63) is 114 Å². The molecule has 5 rings (SSSR count). The van der Waals surface area contributed by atoms with Gasteiger partial charge in [-0.1, -0.05) is 12.1 Å². The lowest BCUT2D eigenvalue weighted by Crippen LogP contribution is -2.05. The Balaban J connectivity index is 1.31. The van der Waals surface area contributed by atoms with Crippen LogP contribution in [-0.2, 0) is 6.42 Å². The van der Waals surface area contributed by atoms with Crippen LogP contribution in [0.4, 0.5) is 34.1 Å². The first kappa shape index (κ1) is 28.0. The minimum atomic E-state index is 0.0443. The molecule has 8 nitrogen and oxygen atoms in total. The largest absolute Gasteiger partial charge is 0.508 e. The van der Waals surface area contributed by atoms with Crippen molar-refractivity contribution in [1.82, 2.24) is 0 Å². The number of hydrogen-bond acceptors (Lipinski definition) is 8. The second kappa shape index (κ2) is 12.3. The highest BCUT2D eigenvalue weighted by Crippen LogP contribution is 2.36. The van der Waals surface area contributed by atoms with Gasteiger partial charge in [-0.2, -0.15) is 0 Å². The maximum absolute atomic E-state index is 10.6. The monoisotopic (exact) mass is 563 g/mol. The molecule has 0 unspecified atom stereocenters. The van der Waals surface area contributed by atoms with E-state index in [1.807, 2.05) is 44.2 Å². The van der Waals surface area contributed by atoms with Gasteiger partial charge >= 0.3 is 0 Å². The summed E-state index contributed by atoms with van der Waals surface area (Å²) in [5.41, 5.74) is 5.51. The van der Waals surface area contributed by atoms with E-state index in [0.717, 1.165) is 28.3 Å². The fourth-order valence-electron chi connectivity index (χ4n) is 4.43. The van der Waals surface area contributed by atoms with Gasteiger partial charge in [-0.25, -0.2) is 0 Å². The normalized spacial score (nSPS) is 10.8. The Kier molecular flexibility index (Phi) is 8.24. The Morgan fingerprint density at radius 2 is 1.05 bits per heavy atom. The number of anilines is 6. The molecule has 0 aromatic heterocycles. The lowest BCUT2D eigenvalue weighted by molar-refractivity contribution is 0.242. The number of phenolic OH excluding ortho intramolecular Hbond substituents is 4. The van der Waals surface area contributed by atoms with Crippen LogP contribution < -0.4 is 20.7 Å².